The van der Waals surface area contributed by atoms with Crippen LogP contribution in [0.2, 0.25) is 0 Å². The Morgan fingerprint density at radius 2 is 2.07 bits per heavy atom. The molecule has 5 heteroatoms. The zero-order valence-electron chi connectivity index (χ0n) is 9.00. The molecule has 0 atom stereocenters. The van der Waals surface area contributed by atoms with E-state index in [4.69, 9.17) is 0 Å². The Labute approximate surface area is 84.4 Å². The van der Waals surface area contributed by atoms with Crippen LogP contribution in [0.25, 0.3) is 0 Å². The van der Waals surface area contributed by atoms with Crippen LogP contribution in [0.1, 0.15) is 12.8 Å². The first-order valence-corrected chi connectivity index (χ1v) is 4.56. The SMILES string of the molecule is CNC(=O)CCCN(C)CC(=O)OC. The van der Waals surface area contributed by atoms with Gasteiger partial charge in [0.25, 0.3) is 0 Å². The number of nitrogens with one attached hydrogen (secondary N) is 1. The average molecular weight is 202 g/mol. The summed E-state index contributed by atoms with van der Waals surface area (Å²) in [7, 11) is 4.79. The lowest BCUT2D eigenvalue weighted by atomic mass is 10.3. The highest BCUT2D eigenvalue weighted by Gasteiger charge is 2.06. The van der Waals surface area contributed by atoms with E-state index >= 15 is 0 Å². The molecule has 0 rings (SSSR count). The minimum atomic E-state index is -0.257. The van der Waals surface area contributed by atoms with E-state index in [0.29, 0.717) is 13.0 Å². The van der Waals surface area contributed by atoms with E-state index in [9.17, 15) is 9.59 Å². The van der Waals surface area contributed by atoms with Crippen molar-refractivity contribution in [3.8, 4) is 0 Å². The van der Waals surface area contributed by atoms with Gasteiger partial charge in [-0.25, -0.2) is 0 Å². The number of methoxy groups -OCH3 is 1. The van der Waals surface area contributed by atoms with Crippen LogP contribution in [-0.4, -0.2) is 51.1 Å². The van der Waals surface area contributed by atoms with Crippen molar-refractivity contribution in [2.75, 3.05) is 34.3 Å². The predicted molar refractivity (Wildman–Crippen MR) is 52.8 cm³/mol. The summed E-state index contributed by atoms with van der Waals surface area (Å²) in [5.74, 6) is -0.232. The van der Waals surface area contributed by atoms with Crippen molar-refractivity contribution in [2.24, 2.45) is 0 Å². The number of nitrogens with zero attached hydrogens (tertiary/aromatic N) is 1. The summed E-state index contributed by atoms with van der Waals surface area (Å²) in [5.41, 5.74) is 0. The van der Waals surface area contributed by atoms with Crippen LogP contribution in [-0.2, 0) is 14.3 Å². The molecule has 5 nitrogen and oxygen atoms in total. The number of ether oxygens (including phenoxy) is 1. The third kappa shape index (κ3) is 6.42. The molecule has 0 aromatic carbocycles. The largest absolute Gasteiger partial charge is 0.468 e. The van der Waals surface area contributed by atoms with Gasteiger partial charge in [-0.1, -0.05) is 0 Å². The van der Waals surface area contributed by atoms with Gasteiger partial charge in [0, 0.05) is 13.5 Å². The number of hydrogen-bond acceptors (Lipinski definition) is 4. The first-order chi connectivity index (χ1) is 6.60. The van der Waals surface area contributed by atoms with Crippen molar-refractivity contribution in [3.63, 3.8) is 0 Å². The molecule has 0 aromatic rings. The van der Waals surface area contributed by atoms with Crippen LogP contribution in [0.4, 0.5) is 0 Å². The van der Waals surface area contributed by atoms with Crippen molar-refractivity contribution < 1.29 is 14.3 Å². The molecule has 0 unspecified atom stereocenters. The van der Waals surface area contributed by atoms with E-state index in [1.165, 1.54) is 7.11 Å². The molecule has 0 radical (unpaired) electrons. The third-order valence-electron chi connectivity index (χ3n) is 1.85. The zero-order valence-corrected chi connectivity index (χ0v) is 9.00. The number of hydrogen-bond donors (Lipinski definition) is 1. The minimum Gasteiger partial charge on any atom is -0.468 e. The summed E-state index contributed by atoms with van der Waals surface area (Å²) in [6, 6.07) is 0. The lowest BCUT2D eigenvalue weighted by Gasteiger charge is -2.14. The molecule has 1 amide bonds. The van der Waals surface area contributed by atoms with Crippen LogP contribution in [0, 0.1) is 0 Å². The highest BCUT2D eigenvalue weighted by Crippen LogP contribution is 1.93. The number of rotatable bonds is 6. The molecule has 0 saturated carbocycles. The topological polar surface area (TPSA) is 58.6 Å². The fourth-order valence-electron chi connectivity index (χ4n) is 0.999. The van der Waals surface area contributed by atoms with Crippen LogP contribution in [0.5, 0.6) is 0 Å². The van der Waals surface area contributed by atoms with Crippen molar-refractivity contribution in [1.82, 2.24) is 10.2 Å². The van der Waals surface area contributed by atoms with Crippen molar-refractivity contribution in [1.29, 1.82) is 0 Å². The van der Waals surface area contributed by atoms with Crippen LogP contribution >= 0.6 is 0 Å². The summed E-state index contributed by atoms with van der Waals surface area (Å²) in [6.45, 7) is 0.979. The fraction of sp³-hybridized carbons (Fsp3) is 0.778. The molecule has 0 aliphatic heterocycles. The number of amides is 1. The Morgan fingerprint density at radius 3 is 2.57 bits per heavy atom. The molecular weight excluding hydrogens is 184 g/mol. The van der Waals surface area contributed by atoms with Gasteiger partial charge in [-0.3, -0.25) is 14.5 Å². The molecule has 14 heavy (non-hydrogen) atoms. The quantitative estimate of drug-likeness (QED) is 0.596. The lowest BCUT2D eigenvalue weighted by Crippen LogP contribution is -2.28. The second-order valence-electron chi connectivity index (χ2n) is 3.09. The van der Waals surface area contributed by atoms with Gasteiger partial charge < -0.3 is 10.1 Å². The smallest absolute Gasteiger partial charge is 0.319 e. The van der Waals surface area contributed by atoms with Gasteiger partial charge in [0.15, 0.2) is 0 Å². The Bertz CT molecular complexity index is 194. The van der Waals surface area contributed by atoms with E-state index in [2.05, 4.69) is 10.1 Å². The molecule has 0 fully saturated rings. The fourth-order valence-corrected chi connectivity index (χ4v) is 0.999. The summed E-state index contributed by atoms with van der Waals surface area (Å²) in [4.78, 5) is 23.5. The number of esters is 1. The highest BCUT2D eigenvalue weighted by atomic mass is 16.5. The molecular formula is C9H18N2O3. The minimum absolute atomic E-state index is 0.0245. The Morgan fingerprint density at radius 1 is 1.43 bits per heavy atom. The van der Waals surface area contributed by atoms with Gasteiger partial charge in [0.2, 0.25) is 5.91 Å². The van der Waals surface area contributed by atoms with Crippen LogP contribution in [0.15, 0.2) is 0 Å². The first kappa shape index (κ1) is 12.9. The van der Waals surface area contributed by atoms with E-state index < -0.39 is 0 Å². The second-order valence-corrected chi connectivity index (χ2v) is 3.09. The van der Waals surface area contributed by atoms with Gasteiger partial charge in [0.05, 0.1) is 13.7 Å². The van der Waals surface area contributed by atoms with Gasteiger partial charge in [-0.15, -0.1) is 0 Å². The van der Waals surface area contributed by atoms with Crippen molar-refractivity contribution >= 4 is 11.9 Å². The van der Waals surface area contributed by atoms with Gasteiger partial charge in [0.1, 0.15) is 0 Å². The highest BCUT2D eigenvalue weighted by molar-refractivity contribution is 5.75. The zero-order chi connectivity index (χ0) is 11.0. The summed E-state index contributed by atoms with van der Waals surface area (Å²) in [6.07, 6.45) is 1.23. The van der Waals surface area contributed by atoms with E-state index in [1.54, 1.807) is 7.05 Å². The maximum atomic E-state index is 10.9. The Kier molecular flexibility index (Phi) is 6.74. The van der Waals surface area contributed by atoms with Gasteiger partial charge >= 0.3 is 5.97 Å². The van der Waals surface area contributed by atoms with Crippen molar-refractivity contribution in [3.05, 3.63) is 0 Å². The standard InChI is InChI=1S/C9H18N2O3/c1-10-8(12)5-4-6-11(2)7-9(13)14-3/h4-7H2,1-3H3,(H,10,12). The molecule has 0 aliphatic rings. The summed E-state index contributed by atoms with van der Waals surface area (Å²) < 4.78 is 4.51. The third-order valence-corrected chi connectivity index (χ3v) is 1.85. The molecule has 0 bridgehead atoms. The number of carbonyl (C=O) groups is 2. The Balaban J connectivity index is 3.49. The average Bonchev–Trinajstić information content (AvgIpc) is 2.17. The van der Waals surface area contributed by atoms with Crippen LogP contribution < -0.4 is 5.32 Å². The van der Waals surface area contributed by atoms with Crippen LogP contribution in [0.3, 0.4) is 0 Å². The maximum absolute atomic E-state index is 10.9. The van der Waals surface area contributed by atoms with E-state index in [-0.39, 0.29) is 18.4 Å². The van der Waals surface area contributed by atoms with E-state index in [1.807, 2.05) is 11.9 Å². The molecule has 0 heterocycles. The molecule has 0 aliphatic carbocycles. The van der Waals surface area contributed by atoms with E-state index in [0.717, 1.165) is 6.42 Å². The first-order valence-electron chi connectivity index (χ1n) is 4.56. The van der Waals surface area contributed by atoms with Gasteiger partial charge in [-0.2, -0.15) is 0 Å². The normalized spacial score (nSPS) is 10.0. The molecule has 1 N–H and O–H groups in total. The maximum Gasteiger partial charge on any atom is 0.319 e. The number of likely N-dealkylation sites (N-methyl/N-ethyl adjacent to an activating group) is 1. The molecule has 0 aromatic heterocycles. The second kappa shape index (κ2) is 7.32. The lowest BCUT2D eigenvalue weighted by molar-refractivity contribution is -0.141. The predicted octanol–water partition coefficient (Wildman–Crippen LogP) is -0.383. The number of carbonyl (C=O) groups excluding carboxylic acids is 2. The monoisotopic (exact) mass is 202 g/mol. The van der Waals surface area contributed by atoms with Gasteiger partial charge in [-0.05, 0) is 20.0 Å². The molecule has 82 valence electrons. The summed E-state index contributed by atoms with van der Waals surface area (Å²) in [5, 5.41) is 2.54. The molecule has 0 saturated heterocycles. The molecule has 0 spiro atoms. The Hall–Kier alpha value is -1.10. The van der Waals surface area contributed by atoms with Crippen molar-refractivity contribution in [2.45, 2.75) is 12.8 Å². The summed E-state index contributed by atoms with van der Waals surface area (Å²) >= 11 is 0.